The van der Waals surface area contributed by atoms with Gasteiger partial charge >= 0.3 is 0 Å². The van der Waals surface area contributed by atoms with Gasteiger partial charge in [-0.3, -0.25) is 4.68 Å². The average Bonchev–Trinajstić information content (AvgIpc) is 3.16. The zero-order valence-corrected chi connectivity index (χ0v) is 12.3. The number of aryl methyl sites for hydroxylation is 1. The smallest absolute Gasteiger partial charge is 0.159 e. The van der Waals surface area contributed by atoms with E-state index < -0.39 is 0 Å². The highest BCUT2D eigenvalue weighted by atomic mass is 35.5. The molecule has 2 aromatic rings. The minimum atomic E-state index is -0.0471. The Morgan fingerprint density at radius 2 is 2.25 bits per heavy atom. The largest absolute Gasteiger partial charge is 0.370 e. The Morgan fingerprint density at radius 1 is 1.45 bits per heavy atom. The lowest BCUT2D eigenvalue weighted by Crippen LogP contribution is -2.11. The van der Waals surface area contributed by atoms with Gasteiger partial charge < -0.3 is 4.74 Å². The molecule has 5 nitrogen and oxygen atoms in total. The summed E-state index contributed by atoms with van der Waals surface area (Å²) in [5, 5.41) is 4.61. The van der Waals surface area contributed by atoms with Crippen LogP contribution in [0.3, 0.4) is 0 Å². The molecular weight excluding hydrogens is 276 g/mol. The molecule has 0 bridgehead atoms. The molecule has 0 amide bonds. The minimum absolute atomic E-state index is 0.0471. The number of halogens is 1. The summed E-state index contributed by atoms with van der Waals surface area (Å²) in [6.45, 7) is 2.64. The van der Waals surface area contributed by atoms with Gasteiger partial charge in [-0.2, -0.15) is 5.10 Å². The van der Waals surface area contributed by atoms with Crippen LogP contribution < -0.4 is 0 Å². The highest BCUT2D eigenvalue weighted by molar-refractivity contribution is 6.29. The summed E-state index contributed by atoms with van der Waals surface area (Å²) in [6, 6.07) is 1.76. The van der Waals surface area contributed by atoms with Gasteiger partial charge in [-0.05, 0) is 25.7 Å². The van der Waals surface area contributed by atoms with Gasteiger partial charge in [0.1, 0.15) is 11.3 Å². The van der Waals surface area contributed by atoms with Crippen molar-refractivity contribution in [3.63, 3.8) is 0 Å². The standard InChI is InChI=1S/C14H17ClN4O/c1-3-20-13(9-4-5-9)14-17-11(6-12(15)18-14)10-7-16-19(2)8-10/h6-9,13H,3-5H2,1-2H3. The molecule has 0 saturated heterocycles. The summed E-state index contributed by atoms with van der Waals surface area (Å²) >= 11 is 6.14. The van der Waals surface area contributed by atoms with Crippen molar-refractivity contribution in [2.24, 2.45) is 13.0 Å². The predicted molar refractivity (Wildman–Crippen MR) is 76.3 cm³/mol. The van der Waals surface area contributed by atoms with Gasteiger partial charge in [0.2, 0.25) is 0 Å². The maximum atomic E-state index is 6.14. The van der Waals surface area contributed by atoms with Crippen molar-refractivity contribution < 1.29 is 4.74 Å². The molecule has 2 aromatic heterocycles. The van der Waals surface area contributed by atoms with Crippen molar-refractivity contribution in [3.8, 4) is 11.3 Å². The summed E-state index contributed by atoms with van der Waals surface area (Å²) in [5.41, 5.74) is 1.72. The molecule has 3 rings (SSSR count). The van der Waals surface area contributed by atoms with Gasteiger partial charge in [-0.15, -0.1) is 0 Å². The third-order valence-corrected chi connectivity index (χ3v) is 3.56. The minimum Gasteiger partial charge on any atom is -0.370 e. The molecule has 1 saturated carbocycles. The molecule has 0 radical (unpaired) electrons. The van der Waals surface area contributed by atoms with Crippen molar-refractivity contribution in [2.75, 3.05) is 6.61 Å². The van der Waals surface area contributed by atoms with Crippen LogP contribution in [0.15, 0.2) is 18.5 Å². The molecule has 2 heterocycles. The predicted octanol–water partition coefficient (Wildman–Crippen LogP) is 3.02. The van der Waals surface area contributed by atoms with E-state index in [2.05, 4.69) is 15.1 Å². The van der Waals surface area contributed by atoms with Crippen molar-refractivity contribution in [3.05, 3.63) is 29.4 Å². The number of aromatic nitrogens is 4. The van der Waals surface area contributed by atoms with Crippen molar-refractivity contribution >= 4 is 11.6 Å². The summed E-state index contributed by atoms with van der Waals surface area (Å²) in [6.07, 6.45) is 5.98. The molecule has 6 heteroatoms. The zero-order chi connectivity index (χ0) is 14.1. The molecular formula is C14H17ClN4O. The van der Waals surface area contributed by atoms with Crippen molar-refractivity contribution in [1.29, 1.82) is 0 Å². The van der Waals surface area contributed by atoms with Crippen LogP contribution in [-0.2, 0) is 11.8 Å². The Kier molecular flexibility index (Phi) is 3.72. The second-order valence-corrected chi connectivity index (χ2v) is 5.44. The molecule has 0 aliphatic heterocycles. The monoisotopic (exact) mass is 292 g/mol. The van der Waals surface area contributed by atoms with Crippen LogP contribution >= 0.6 is 11.6 Å². The van der Waals surface area contributed by atoms with E-state index in [9.17, 15) is 0 Å². The van der Waals surface area contributed by atoms with E-state index >= 15 is 0 Å². The maximum Gasteiger partial charge on any atom is 0.159 e. The highest BCUT2D eigenvalue weighted by Crippen LogP contribution is 2.42. The molecule has 1 atom stereocenters. The average molecular weight is 293 g/mol. The Morgan fingerprint density at radius 3 is 2.85 bits per heavy atom. The lowest BCUT2D eigenvalue weighted by molar-refractivity contribution is 0.0401. The van der Waals surface area contributed by atoms with Crippen LogP contribution in [0.5, 0.6) is 0 Å². The first-order valence-electron chi connectivity index (χ1n) is 6.82. The first-order chi connectivity index (χ1) is 9.67. The third-order valence-electron chi connectivity index (χ3n) is 3.36. The zero-order valence-electron chi connectivity index (χ0n) is 11.6. The van der Waals surface area contributed by atoms with Crippen LogP contribution in [0, 0.1) is 5.92 Å². The topological polar surface area (TPSA) is 52.8 Å². The quantitative estimate of drug-likeness (QED) is 0.795. The van der Waals surface area contributed by atoms with Crippen LogP contribution in [0.2, 0.25) is 5.15 Å². The molecule has 20 heavy (non-hydrogen) atoms. The molecule has 1 aliphatic carbocycles. The van der Waals surface area contributed by atoms with Gasteiger partial charge in [0.15, 0.2) is 5.82 Å². The van der Waals surface area contributed by atoms with Gasteiger partial charge in [-0.25, -0.2) is 9.97 Å². The summed E-state index contributed by atoms with van der Waals surface area (Å²) in [4.78, 5) is 8.97. The lowest BCUT2D eigenvalue weighted by atomic mass is 10.2. The summed E-state index contributed by atoms with van der Waals surface area (Å²) in [7, 11) is 1.88. The normalized spacial score (nSPS) is 16.4. The van der Waals surface area contributed by atoms with E-state index in [1.165, 1.54) is 12.8 Å². The number of hydrogen-bond acceptors (Lipinski definition) is 4. The molecule has 0 aromatic carbocycles. The summed E-state index contributed by atoms with van der Waals surface area (Å²) in [5.74, 6) is 1.20. The Bertz CT molecular complexity index is 609. The van der Waals surface area contributed by atoms with Gasteiger partial charge in [0.05, 0.1) is 11.9 Å². The van der Waals surface area contributed by atoms with Crippen molar-refractivity contribution in [2.45, 2.75) is 25.9 Å². The highest BCUT2D eigenvalue weighted by Gasteiger charge is 2.35. The number of rotatable bonds is 5. The summed E-state index contributed by atoms with van der Waals surface area (Å²) < 4.78 is 7.54. The SMILES string of the molecule is CCOC(c1nc(Cl)cc(-c2cnn(C)c2)n1)C1CC1. The van der Waals surface area contributed by atoms with Crippen LogP contribution in [0.1, 0.15) is 31.7 Å². The fourth-order valence-electron chi connectivity index (χ4n) is 2.26. The molecule has 1 unspecified atom stereocenters. The first-order valence-corrected chi connectivity index (χ1v) is 7.20. The van der Waals surface area contributed by atoms with Crippen molar-refractivity contribution in [1.82, 2.24) is 19.7 Å². The van der Waals surface area contributed by atoms with E-state index in [4.69, 9.17) is 16.3 Å². The van der Waals surface area contributed by atoms with E-state index in [-0.39, 0.29) is 6.10 Å². The molecule has 0 N–H and O–H groups in total. The Hall–Kier alpha value is -1.46. The second kappa shape index (κ2) is 5.50. The third kappa shape index (κ3) is 2.83. The van der Waals surface area contributed by atoms with E-state index in [0.29, 0.717) is 23.5 Å². The second-order valence-electron chi connectivity index (χ2n) is 5.05. The van der Waals surface area contributed by atoms with E-state index in [1.807, 2.05) is 20.2 Å². The molecule has 1 fully saturated rings. The first kappa shape index (κ1) is 13.5. The van der Waals surface area contributed by atoms with Crippen LogP contribution in [0.25, 0.3) is 11.3 Å². The Labute approximate surface area is 123 Å². The fraction of sp³-hybridized carbons (Fsp3) is 0.500. The van der Waals surface area contributed by atoms with Crippen LogP contribution in [-0.4, -0.2) is 26.4 Å². The molecule has 1 aliphatic rings. The molecule has 106 valence electrons. The number of hydrogen-bond donors (Lipinski definition) is 0. The number of nitrogens with zero attached hydrogens (tertiary/aromatic N) is 4. The van der Waals surface area contributed by atoms with Gasteiger partial charge in [-0.1, -0.05) is 11.6 Å². The van der Waals surface area contributed by atoms with E-state index in [0.717, 1.165) is 11.3 Å². The van der Waals surface area contributed by atoms with E-state index in [1.54, 1.807) is 16.9 Å². The van der Waals surface area contributed by atoms with Gasteiger partial charge in [0.25, 0.3) is 0 Å². The number of ether oxygens (including phenoxy) is 1. The van der Waals surface area contributed by atoms with Gasteiger partial charge in [0, 0.05) is 31.5 Å². The van der Waals surface area contributed by atoms with Crippen LogP contribution in [0.4, 0.5) is 0 Å². The Balaban J connectivity index is 1.97. The lowest BCUT2D eigenvalue weighted by Gasteiger charge is -2.15. The molecule has 0 spiro atoms. The fourth-order valence-corrected chi connectivity index (χ4v) is 2.45. The maximum absolute atomic E-state index is 6.14.